The number of hydrogen-bond acceptors (Lipinski definition) is 5. The number of carbonyl (C=O) groups excluding carboxylic acids is 3. The van der Waals surface area contributed by atoms with Crippen LogP contribution < -0.4 is 5.32 Å². The number of piperazine rings is 1. The van der Waals surface area contributed by atoms with Gasteiger partial charge in [-0.15, -0.1) is 0 Å². The lowest BCUT2D eigenvalue weighted by Crippen LogP contribution is -2.58. The highest BCUT2D eigenvalue weighted by atomic mass is 35.5. The van der Waals surface area contributed by atoms with Gasteiger partial charge in [-0.1, -0.05) is 46.2 Å². The summed E-state index contributed by atoms with van der Waals surface area (Å²) in [5.74, 6) is -0.957. The highest BCUT2D eigenvalue weighted by molar-refractivity contribution is 6.34. The Morgan fingerprint density at radius 1 is 1.10 bits per heavy atom. The largest absolute Gasteiger partial charge is 0.340 e. The summed E-state index contributed by atoms with van der Waals surface area (Å²) in [4.78, 5) is 51.9. The third-order valence-electron chi connectivity index (χ3n) is 5.15. The van der Waals surface area contributed by atoms with E-state index in [1.54, 1.807) is 9.80 Å². The van der Waals surface area contributed by atoms with Crippen molar-refractivity contribution >= 4 is 35.0 Å². The fourth-order valence-corrected chi connectivity index (χ4v) is 3.60. The summed E-state index contributed by atoms with van der Waals surface area (Å²) in [6.45, 7) is 10.9. The lowest BCUT2D eigenvalue weighted by molar-refractivity contribution is -0.384. The van der Waals surface area contributed by atoms with Gasteiger partial charge in [0.2, 0.25) is 11.8 Å². The standard InChI is InChI=1S/C21H29ClN4O5/c1-13(2)17(23-18(27)15-7-6-14(26(30)31)12-16(15)22)19(28)24-8-10-25(11-9-24)20(29)21(3,4)5/h6-7,12-13,17H,8-11H2,1-5H3,(H,23,27). The van der Waals surface area contributed by atoms with Gasteiger partial charge in [-0.25, -0.2) is 0 Å². The Morgan fingerprint density at radius 3 is 2.10 bits per heavy atom. The van der Waals surface area contributed by atoms with Crippen molar-refractivity contribution in [1.29, 1.82) is 0 Å². The Labute approximate surface area is 186 Å². The van der Waals surface area contributed by atoms with E-state index in [1.165, 1.54) is 12.1 Å². The average Bonchev–Trinajstić information content (AvgIpc) is 2.69. The van der Waals surface area contributed by atoms with E-state index in [0.29, 0.717) is 26.2 Å². The SMILES string of the molecule is CC(C)C(NC(=O)c1ccc([N+](=O)[O-])cc1Cl)C(=O)N1CCN(C(=O)C(C)(C)C)CC1. The molecule has 0 spiro atoms. The highest BCUT2D eigenvalue weighted by Gasteiger charge is 2.34. The van der Waals surface area contributed by atoms with Gasteiger partial charge in [0.25, 0.3) is 11.6 Å². The number of carbonyl (C=O) groups is 3. The summed E-state index contributed by atoms with van der Waals surface area (Å²) in [6, 6.07) is 2.78. The predicted molar refractivity (Wildman–Crippen MR) is 117 cm³/mol. The first-order chi connectivity index (χ1) is 14.3. The Hall–Kier alpha value is -2.68. The van der Waals surface area contributed by atoms with Crippen LogP contribution in [0.5, 0.6) is 0 Å². The fraction of sp³-hybridized carbons (Fsp3) is 0.571. The average molecular weight is 453 g/mol. The first kappa shape index (κ1) is 24.6. The van der Waals surface area contributed by atoms with E-state index in [0.717, 1.165) is 6.07 Å². The van der Waals surface area contributed by atoms with Gasteiger partial charge in [-0.05, 0) is 12.0 Å². The van der Waals surface area contributed by atoms with Gasteiger partial charge in [-0.3, -0.25) is 24.5 Å². The Morgan fingerprint density at radius 2 is 1.65 bits per heavy atom. The number of rotatable bonds is 5. The molecule has 170 valence electrons. The van der Waals surface area contributed by atoms with Gasteiger partial charge in [0.15, 0.2) is 0 Å². The molecule has 1 aromatic carbocycles. The summed E-state index contributed by atoms with van der Waals surface area (Å²) in [5, 5.41) is 13.5. The molecule has 0 bridgehead atoms. The van der Waals surface area contributed by atoms with E-state index in [2.05, 4.69) is 5.32 Å². The molecular formula is C21H29ClN4O5. The topological polar surface area (TPSA) is 113 Å². The van der Waals surface area contributed by atoms with Crippen molar-refractivity contribution in [2.24, 2.45) is 11.3 Å². The molecule has 0 aromatic heterocycles. The smallest absolute Gasteiger partial charge is 0.270 e. The Bertz CT molecular complexity index is 873. The highest BCUT2D eigenvalue weighted by Crippen LogP contribution is 2.23. The number of hydrogen-bond donors (Lipinski definition) is 1. The number of nitro benzene ring substituents is 1. The van der Waals surface area contributed by atoms with Crippen LogP contribution in [-0.2, 0) is 9.59 Å². The van der Waals surface area contributed by atoms with Gasteiger partial charge in [0.05, 0.1) is 15.5 Å². The maximum Gasteiger partial charge on any atom is 0.270 e. The normalized spacial score (nSPS) is 15.6. The molecule has 1 unspecified atom stereocenters. The Kier molecular flexibility index (Phi) is 7.64. The zero-order valence-electron chi connectivity index (χ0n) is 18.5. The molecule has 1 saturated heterocycles. The van der Waals surface area contributed by atoms with Gasteiger partial charge in [0, 0.05) is 43.7 Å². The van der Waals surface area contributed by atoms with Crippen LogP contribution in [0.4, 0.5) is 5.69 Å². The molecule has 1 aliphatic heterocycles. The monoisotopic (exact) mass is 452 g/mol. The molecule has 1 N–H and O–H groups in total. The van der Waals surface area contributed by atoms with E-state index in [1.807, 2.05) is 34.6 Å². The minimum Gasteiger partial charge on any atom is -0.340 e. The van der Waals surface area contributed by atoms with Crippen LogP contribution in [0, 0.1) is 21.4 Å². The van der Waals surface area contributed by atoms with Crippen LogP contribution >= 0.6 is 11.6 Å². The zero-order valence-corrected chi connectivity index (χ0v) is 19.2. The van der Waals surface area contributed by atoms with Crippen molar-refractivity contribution in [3.8, 4) is 0 Å². The number of nitrogens with one attached hydrogen (secondary N) is 1. The van der Waals surface area contributed by atoms with E-state index in [9.17, 15) is 24.5 Å². The lowest BCUT2D eigenvalue weighted by Gasteiger charge is -2.39. The Balaban J connectivity index is 2.07. The number of halogens is 1. The molecule has 1 atom stereocenters. The van der Waals surface area contributed by atoms with E-state index in [-0.39, 0.29) is 34.0 Å². The van der Waals surface area contributed by atoms with E-state index < -0.39 is 22.3 Å². The number of amides is 3. The molecule has 1 aliphatic rings. The molecule has 1 fully saturated rings. The van der Waals surface area contributed by atoms with Gasteiger partial charge < -0.3 is 15.1 Å². The third-order valence-corrected chi connectivity index (χ3v) is 5.46. The molecule has 1 heterocycles. The van der Waals surface area contributed by atoms with Gasteiger partial charge >= 0.3 is 0 Å². The van der Waals surface area contributed by atoms with Crippen molar-refractivity contribution in [2.45, 2.75) is 40.7 Å². The van der Waals surface area contributed by atoms with Gasteiger partial charge in [0.1, 0.15) is 6.04 Å². The molecule has 0 saturated carbocycles. The summed E-state index contributed by atoms with van der Waals surface area (Å²) in [6.07, 6.45) is 0. The zero-order chi connectivity index (χ0) is 23.5. The first-order valence-corrected chi connectivity index (χ1v) is 10.5. The second-order valence-corrected chi connectivity index (χ2v) is 9.39. The molecule has 31 heavy (non-hydrogen) atoms. The lowest BCUT2D eigenvalue weighted by atomic mass is 9.94. The van der Waals surface area contributed by atoms with Crippen molar-refractivity contribution in [3.63, 3.8) is 0 Å². The fourth-order valence-electron chi connectivity index (χ4n) is 3.34. The number of nitrogens with zero attached hydrogens (tertiary/aromatic N) is 3. The first-order valence-electron chi connectivity index (χ1n) is 10.2. The molecule has 2 rings (SSSR count). The number of nitro groups is 1. The van der Waals surface area contributed by atoms with Crippen molar-refractivity contribution in [2.75, 3.05) is 26.2 Å². The molecule has 10 heteroatoms. The van der Waals surface area contributed by atoms with Crippen LogP contribution in [0.15, 0.2) is 18.2 Å². The van der Waals surface area contributed by atoms with Crippen LogP contribution in [0.2, 0.25) is 5.02 Å². The summed E-state index contributed by atoms with van der Waals surface area (Å²) in [5.41, 5.74) is -0.642. The maximum absolute atomic E-state index is 13.1. The molecule has 0 radical (unpaired) electrons. The molecular weight excluding hydrogens is 424 g/mol. The van der Waals surface area contributed by atoms with Crippen molar-refractivity contribution < 1.29 is 19.3 Å². The predicted octanol–water partition coefficient (Wildman–Crippen LogP) is 2.72. The van der Waals surface area contributed by atoms with E-state index in [4.69, 9.17) is 11.6 Å². The third kappa shape index (κ3) is 5.94. The molecule has 3 amide bonds. The van der Waals surface area contributed by atoms with Crippen molar-refractivity contribution in [1.82, 2.24) is 15.1 Å². The van der Waals surface area contributed by atoms with Crippen LogP contribution in [0.25, 0.3) is 0 Å². The quantitative estimate of drug-likeness (QED) is 0.545. The molecule has 9 nitrogen and oxygen atoms in total. The number of non-ortho nitro benzene ring substituents is 1. The molecule has 0 aliphatic carbocycles. The second kappa shape index (κ2) is 9.64. The van der Waals surface area contributed by atoms with Gasteiger partial charge in [-0.2, -0.15) is 0 Å². The van der Waals surface area contributed by atoms with E-state index >= 15 is 0 Å². The van der Waals surface area contributed by atoms with Crippen LogP contribution in [0.3, 0.4) is 0 Å². The summed E-state index contributed by atoms with van der Waals surface area (Å²) in [7, 11) is 0. The minimum absolute atomic E-state index is 0.0427. The minimum atomic E-state index is -0.788. The maximum atomic E-state index is 13.1. The van der Waals surface area contributed by atoms with Crippen LogP contribution in [-0.4, -0.2) is 64.7 Å². The number of benzene rings is 1. The van der Waals surface area contributed by atoms with Crippen molar-refractivity contribution in [3.05, 3.63) is 38.9 Å². The second-order valence-electron chi connectivity index (χ2n) is 8.98. The summed E-state index contributed by atoms with van der Waals surface area (Å²) < 4.78 is 0. The van der Waals surface area contributed by atoms with Crippen LogP contribution in [0.1, 0.15) is 45.0 Å². The molecule has 1 aromatic rings. The summed E-state index contributed by atoms with van der Waals surface area (Å²) >= 11 is 6.04.